The van der Waals surface area contributed by atoms with Gasteiger partial charge in [0, 0.05) is 11.3 Å². The fraction of sp³-hybridized carbons (Fsp3) is 0.185. The Balaban J connectivity index is 1.97. The Bertz CT molecular complexity index is 1330. The lowest BCUT2D eigenvalue weighted by Gasteiger charge is -2.26. The number of halogens is 1. The molecule has 0 radical (unpaired) electrons. The zero-order valence-electron chi connectivity index (χ0n) is 19.3. The van der Waals surface area contributed by atoms with Gasteiger partial charge in [0.15, 0.2) is 0 Å². The zero-order valence-corrected chi connectivity index (χ0v) is 20.0. The largest absolute Gasteiger partial charge is 0.507 e. The topological polar surface area (TPSA) is 76.1 Å². The Morgan fingerprint density at radius 1 is 0.941 bits per heavy atom. The second kappa shape index (κ2) is 9.23. The number of hydrogen-bond donors (Lipinski definition) is 1. The van der Waals surface area contributed by atoms with Crippen molar-refractivity contribution in [2.75, 3.05) is 19.1 Å². The molecule has 1 aliphatic rings. The summed E-state index contributed by atoms with van der Waals surface area (Å²) in [6.45, 7) is 3.91. The number of Topliss-reactive ketones (excluding diaryl/α,β-unsaturated/α-hetero) is 1. The summed E-state index contributed by atoms with van der Waals surface area (Å²) in [4.78, 5) is 28.1. The summed E-state index contributed by atoms with van der Waals surface area (Å²) in [7, 11) is 3.00. The molecular weight excluding hydrogens is 454 g/mol. The van der Waals surface area contributed by atoms with Gasteiger partial charge in [-0.15, -0.1) is 0 Å². The number of ketones is 1. The van der Waals surface area contributed by atoms with E-state index in [1.807, 2.05) is 26.0 Å². The van der Waals surface area contributed by atoms with Gasteiger partial charge in [0.2, 0.25) is 0 Å². The second-order valence-corrected chi connectivity index (χ2v) is 8.47. The molecule has 7 heteroatoms. The second-order valence-electron chi connectivity index (χ2n) is 8.06. The van der Waals surface area contributed by atoms with E-state index in [1.165, 1.54) is 18.1 Å². The molecule has 1 unspecified atom stereocenters. The zero-order chi connectivity index (χ0) is 24.6. The summed E-state index contributed by atoms with van der Waals surface area (Å²) in [6.07, 6.45) is 0. The normalized spacial score (nSPS) is 17.2. The van der Waals surface area contributed by atoms with Gasteiger partial charge >= 0.3 is 0 Å². The highest BCUT2D eigenvalue weighted by Gasteiger charge is 2.47. The van der Waals surface area contributed by atoms with Crippen LogP contribution in [0, 0.1) is 13.8 Å². The van der Waals surface area contributed by atoms with Crippen LogP contribution in [0.5, 0.6) is 11.5 Å². The third kappa shape index (κ3) is 4.01. The van der Waals surface area contributed by atoms with Crippen LogP contribution in [-0.2, 0) is 9.59 Å². The molecule has 4 rings (SSSR count). The average molecular weight is 478 g/mol. The minimum atomic E-state index is -0.862. The number of carbonyl (C=O) groups excluding carboxylic acids is 2. The predicted molar refractivity (Wildman–Crippen MR) is 132 cm³/mol. The van der Waals surface area contributed by atoms with Crippen molar-refractivity contribution in [3.05, 3.63) is 93.5 Å². The van der Waals surface area contributed by atoms with Crippen LogP contribution >= 0.6 is 11.6 Å². The van der Waals surface area contributed by atoms with Crippen LogP contribution in [0.4, 0.5) is 5.69 Å². The number of aliphatic hydroxyl groups excluding tert-OH is 1. The van der Waals surface area contributed by atoms with Crippen molar-refractivity contribution in [2.45, 2.75) is 19.9 Å². The van der Waals surface area contributed by atoms with Crippen molar-refractivity contribution < 1.29 is 24.2 Å². The van der Waals surface area contributed by atoms with Gasteiger partial charge in [-0.05, 0) is 73.0 Å². The summed E-state index contributed by atoms with van der Waals surface area (Å²) in [5, 5.41) is 11.7. The van der Waals surface area contributed by atoms with Crippen molar-refractivity contribution in [1.29, 1.82) is 0 Å². The maximum atomic E-state index is 13.3. The molecular formula is C27H24ClNO5. The van der Waals surface area contributed by atoms with Crippen molar-refractivity contribution >= 4 is 34.7 Å². The molecule has 1 N–H and O–H groups in total. The quantitative estimate of drug-likeness (QED) is 0.294. The van der Waals surface area contributed by atoms with E-state index in [-0.39, 0.29) is 11.3 Å². The first kappa shape index (κ1) is 23.4. The minimum Gasteiger partial charge on any atom is -0.507 e. The Labute approximate surface area is 203 Å². The monoisotopic (exact) mass is 477 g/mol. The highest BCUT2D eigenvalue weighted by Crippen LogP contribution is 2.43. The van der Waals surface area contributed by atoms with Crippen LogP contribution in [0.1, 0.15) is 28.3 Å². The molecule has 0 aliphatic carbocycles. The molecule has 1 saturated heterocycles. The molecule has 34 heavy (non-hydrogen) atoms. The molecule has 0 bridgehead atoms. The smallest absolute Gasteiger partial charge is 0.300 e. The third-order valence-electron chi connectivity index (χ3n) is 6.05. The summed E-state index contributed by atoms with van der Waals surface area (Å²) < 4.78 is 10.6. The number of rotatable bonds is 5. The Morgan fingerprint density at radius 2 is 1.71 bits per heavy atom. The average Bonchev–Trinajstić information content (AvgIpc) is 3.11. The first-order valence-electron chi connectivity index (χ1n) is 10.6. The molecule has 1 amide bonds. The van der Waals surface area contributed by atoms with Gasteiger partial charge in [-0.25, -0.2) is 0 Å². The molecule has 174 valence electrons. The first-order chi connectivity index (χ1) is 16.3. The van der Waals surface area contributed by atoms with E-state index in [0.29, 0.717) is 33.3 Å². The maximum absolute atomic E-state index is 13.3. The van der Waals surface area contributed by atoms with Crippen molar-refractivity contribution in [3.63, 3.8) is 0 Å². The first-order valence-corrected chi connectivity index (χ1v) is 11.0. The molecule has 1 fully saturated rings. The van der Waals surface area contributed by atoms with E-state index >= 15 is 0 Å². The van der Waals surface area contributed by atoms with E-state index in [0.717, 1.165) is 11.1 Å². The van der Waals surface area contributed by atoms with Crippen LogP contribution in [0.15, 0.2) is 66.2 Å². The van der Waals surface area contributed by atoms with Crippen molar-refractivity contribution in [2.24, 2.45) is 0 Å². The number of aryl methyl sites for hydroxylation is 2. The van der Waals surface area contributed by atoms with Crippen molar-refractivity contribution in [3.8, 4) is 11.5 Å². The third-order valence-corrected chi connectivity index (χ3v) is 6.36. The van der Waals surface area contributed by atoms with Crippen LogP contribution in [0.2, 0.25) is 5.02 Å². The Hall–Kier alpha value is -3.77. The van der Waals surface area contributed by atoms with Gasteiger partial charge in [-0.3, -0.25) is 14.5 Å². The van der Waals surface area contributed by atoms with Crippen LogP contribution in [-0.4, -0.2) is 31.0 Å². The summed E-state index contributed by atoms with van der Waals surface area (Å²) in [6, 6.07) is 16.5. The van der Waals surface area contributed by atoms with E-state index in [4.69, 9.17) is 21.1 Å². The van der Waals surface area contributed by atoms with E-state index in [9.17, 15) is 14.7 Å². The molecule has 1 aliphatic heterocycles. The van der Waals surface area contributed by atoms with Crippen LogP contribution in [0.3, 0.4) is 0 Å². The number of carbonyl (C=O) groups is 2. The number of nitrogens with zero attached hydrogens (tertiary/aromatic N) is 1. The van der Waals surface area contributed by atoms with Crippen molar-refractivity contribution in [1.82, 2.24) is 0 Å². The lowest BCUT2D eigenvalue weighted by Crippen LogP contribution is -2.29. The maximum Gasteiger partial charge on any atom is 0.300 e. The molecule has 3 aromatic carbocycles. The number of benzene rings is 3. The van der Waals surface area contributed by atoms with E-state index in [2.05, 4.69) is 0 Å². The fourth-order valence-electron chi connectivity index (χ4n) is 4.06. The molecule has 0 spiro atoms. The van der Waals surface area contributed by atoms with Gasteiger partial charge < -0.3 is 14.6 Å². The number of methoxy groups -OCH3 is 2. The molecule has 3 aromatic rings. The SMILES string of the molecule is COc1cccc(C2/C(=C(\O)c3ccc(Cl)c(OC)c3)C(=O)C(=O)N2c2ccc(C)c(C)c2)c1. The molecule has 1 atom stereocenters. The number of ether oxygens (including phenoxy) is 2. The Kier molecular flexibility index (Phi) is 6.35. The number of anilines is 1. The number of hydrogen-bond acceptors (Lipinski definition) is 5. The summed E-state index contributed by atoms with van der Waals surface area (Å²) in [5.41, 5.74) is 3.51. The van der Waals surface area contributed by atoms with E-state index in [1.54, 1.807) is 49.6 Å². The number of amides is 1. The van der Waals surface area contributed by atoms with Crippen LogP contribution < -0.4 is 14.4 Å². The molecule has 0 aromatic heterocycles. The standard InChI is InChI=1S/C27H24ClNO5/c1-15-8-10-19(12-16(15)2)29-24(17-6-5-7-20(13-17)33-3)23(26(31)27(29)32)25(30)18-9-11-21(28)22(14-18)34-4/h5-14,24,30H,1-4H3/b25-23+. The number of aliphatic hydroxyl groups is 1. The van der Waals surface area contributed by atoms with Gasteiger partial charge in [0.05, 0.1) is 30.9 Å². The Morgan fingerprint density at radius 3 is 2.38 bits per heavy atom. The fourth-order valence-corrected chi connectivity index (χ4v) is 4.26. The minimum absolute atomic E-state index is 0.0270. The van der Waals surface area contributed by atoms with Gasteiger partial charge in [-0.1, -0.05) is 29.8 Å². The van der Waals surface area contributed by atoms with E-state index < -0.39 is 17.7 Å². The predicted octanol–water partition coefficient (Wildman–Crippen LogP) is 5.60. The van der Waals surface area contributed by atoms with Gasteiger partial charge in [0.25, 0.3) is 11.7 Å². The summed E-state index contributed by atoms with van der Waals surface area (Å²) in [5.74, 6) is -0.910. The molecule has 1 heterocycles. The highest BCUT2D eigenvalue weighted by molar-refractivity contribution is 6.51. The highest BCUT2D eigenvalue weighted by atomic mass is 35.5. The lowest BCUT2D eigenvalue weighted by atomic mass is 9.94. The van der Waals surface area contributed by atoms with Gasteiger partial charge in [0.1, 0.15) is 17.3 Å². The molecule has 0 saturated carbocycles. The van der Waals surface area contributed by atoms with Gasteiger partial charge in [-0.2, -0.15) is 0 Å². The lowest BCUT2D eigenvalue weighted by molar-refractivity contribution is -0.132. The molecule has 6 nitrogen and oxygen atoms in total. The van der Waals surface area contributed by atoms with Crippen LogP contribution in [0.25, 0.3) is 5.76 Å². The summed E-state index contributed by atoms with van der Waals surface area (Å²) >= 11 is 6.14.